The highest BCUT2D eigenvalue weighted by atomic mass is 16.4. The molecule has 6 nitrogen and oxygen atoms in total. The largest absolute Gasteiger partial charge is 0.481 e. The molecule has 1 heterocycles. The molecule has 1 fully saturated rings. The van der Waals surface area contributed by atoms with E-state index in [9.17, 15) is 14.7 Å². The summed E-state index contributed by atoms with van der Waals surface area (Å²) < 4.78 is 0. The van der Waals surface area contributed by atoms with Crippen LogP contribution < -0.4 is 5.32 Å². The van der Waals surface area contributed by atoms with Gasteiger partial charge in [0.2, 0.25) is 0 Å². The molecule has 1 rings (SSSR count). The Morgan fingerprint density at radius 2 is 2.16 bits per heavy atom. The van der Waals surface area contributed by atoms with E-state index in [4.69, 9.17) is 5.11 Å². The summed E-state index contributed by atoms with van der Waals surface area (Å²) >= 11 is 0. The Morgan fingerprint density at radius 3 is 2.58 bits per heavy atom. The number of aliphatic hydroxyl groups is 1. The number of rotatable bonds is 5. The topological polar surface area (TPSA) is 89.9 Å². The van der Waals surface area contributed by atoms with Crippen molar-refractivity contribution in [3.8, 4) is 0 Å². The third-order valence-electron chi connectivity index (χ3n) is 4.12. The van der Waals surface area contributed by atoms with E-state index in [1.807, 2.05) is 0 Å². The Kier molecular flexibility index (Phi) is 5.17. The van der Waals surface area contributed by atoms with E-state index in [1.165, 1.54) is 0 Å². The van der Waals surface area contributed by atoms with E-state index in [0.29, 0.717) is 19.5 Å². The van der Waals surface area contributed by atoms with Crippen molar-refractivity contribution in [2.75, 3.05) is 19.6 Å². The molecule has 0 bridgehead atoms. The average molecular weight is 272 g/mol. The maximum Gasteiger partial charge on any atom is 0.317 e. The van der Waals surface area contributed by atoms with Gasteiger partial charge in [-0.2, -0.15) is 0 Å². The van der Waals surface area contributed by atoms with Crippen LogP contribution in [0.15, 0.2) is 0 Å². The summed E-state index contributed by atoms with van der Waals surface area (Å²) in [4.78, 5) is 24.7. The van der Waals surface area contributed by atoms with Gasteiger partial charge in [-0.3, -0.25) is 4.79 Å². The molecular weight excluding hydrogens is 248 g/mol. The fraction of sp³-hybridized carbons (Fsp3) is 0.846. The van der Waals surface area contributed by atoms with Gasteiger partial charge in [0, 0.05) is 25.6 Å². The fourth-order valence-electron chi connectivity index (χ4n) is 2.10. The second kappa shape index (κ2) is 6.23. The Bertz CT molecular complexity index is 346. The normalized spacial score (nSPS) is 23.8. The van der Waals surface area contributed by atoms with Crippen molar-refractivity contribution in [3.63, 3.8) is 0 Å². The molecule has 3 atom stereocenters. The van der Waals surface area contributed by atoms with Gasteiger partial charge >= 0.3 is 12.0 Å². The highest BCUT2D eigenvalue weighted by molar-refractivity contribution is 5.78. The minimum Gasteiger partial charge on any atom is -0.481 e. The molecule has 0 aromatic heterocycles. The third kappa shape index (κ3) is 3.83. The number of carboxylic acids is 1. The number of amides is 2. The minimum atomic E-state index is -0.931. The molecule has 0 aromatic rings. The van der Waals surface area contributed by atoms with Gasteiger partial charge in [-0.25, -0.2) is 4.79 Å². The molecule has 0 spiro atoms. The predicted molar refractivity (Wildman–Crippen MR) is 70.8 cm³/mol. The molecular formula is C13H24N2O4. The van der Waals surface area contributed by atoms with Crippen molar-refractivity contribution in [2.24, 2.45) is 11.3 Å². The lowest BCUT2D eigenvalue weighted by molar-refractivity contribution is -0.147. The third-order valence-corrected chi connectivity index (χ3v) is 4.12. The maximum atomic E-state index is 11.9. The van der Waals surface area contributed by atoms with E-state index < -0.39 is 17.5 Å². The molecule has 1 saturated heterocycles. The molecule has 3 N–H and O–H groups in total. The van der Waals surface area contributed by atoms with E-state index in [0.717, 1.165) is 6.42 Å². The first-order valence-electron chi connectivity index (χ1n) is 6.74. The lowest BCUT2D eigenvalue weighted by Gasteiger charge is -2.25. The van der Waals surface area contributed by atoms with Crippen LogP contribution in [0.4, 0.5) is 4.79 Å². The first-order valence-corrected chi connectivity index (χ1v) is 6.74. The number of urea groups is 1. The van der Waals surface area contributed by atoms with Crippen molar-refractivity contribution in [1.29, 1.82) is 0 Å². The van der Waals surface area contributed by atoms with Crippen molar-refractivity contribution in [2.45, 2.75) is 39.7 Å². The molecule has 0 radical (unpaired) electrons. The number of nitrogens with one attached hydrogen (secondary N) is 1. The molecule has 19 heavy (non-hydrogen) atoms. The summed E-state index contributed by atoms with van der Waals surface area (Å²) in [6, 6.07) is -0.246. The van der Waals surface area contributed by atoms with Crippen LogP contribution in [0.2, 0.25) is 0 Å². The Hall–Kier alpha value is -1.30. The van der Waals surface area contributed by atoms with Crippen LogP contribution in [-0.2, 0) is 4.79 Å². The van der Waals surface area contributed by atoms with Crippen molar-refractivity contribution in [1.82, 2.24) is 10.2 Å². The molecule has 3 unspecified atom stereocenters. The van der Waals surface area contributed by atoms with Crippen LogP contribution >= 0.6 is 0 Å². The van der Waals surface area contributed by atoms with Crippen LogP contribution in [0.1, 0.15) is 33.6 Å². The number of hydrogen-bond donors (Lipinski definition) is 3. The molecule has 2 amide bonds. The van der Waals surface area contributed by atoms with Gasteiger partial charge in [0.1, 0.15) is 0 Å². The first-order chi connectivity index (χ1) is 8.80. The molecule has 0 aliphatic carbocycles. The van der Waals surface area contributed by atoms with E-state index in [1.54, 1.807) is 25.7 Å². The van der Waals surface area contributed by atoms with Crippen molar-refractivity contribution in [3.05, 3.63) is 0 Å². The second-order valence-electron chi connectivity index (χ2n) is 5.61. The number of aliphatic hydroxyl groups excluding tert-OH is 1. The quantitative estimate of drug-likeness (QED) is 0.693. The Labute approximate surface area is 113 Å². The number of likely N-dealkylation sites (tertiary alicyclic amines) is 1. The highest BCUT2D eigenvalue weighted by Gasteiger charge is 2.33. The highest BCUT2D eigenvalue weighted by Crippen LogP contribution is 2.22. The number of carbonyl (C=O) groups is 2. The predicted octanol–water partition coefficient (Wildman–Crippen LogP) is 0.900. The Balaban J connectivity index is 2.46. The van der Waals surface area contributed by atoms with E-state index in [-0.39, 0.29) is 18.5 Å². The summed E-state index contributed by atoms with van der Waals surface area (Å²) in [6.45, 7) is 6.40. The number of nitrogens with zero attached hydrogens (tertiary/aromatic N) is 1. The van der Waals surface area contributed by atoms with Gasteiger partial charge in [0.25, 0.3) is 0 Å². The van der Waals surface area contributed by atoms with Crippen LogP contribution in [0, 0.1) is 11.3 Å². The first kappa shape index (κ1) is 15.8. The smallest absolute Gasteiger partial charge is 0.317 e. The lowest BCUT2D eigenvalue weighted by Crippen LogP contribution is -2.46. The van der Waals surface area contributed by atoms with Gasteiger partial charge in [0.05, 0.1) is 11.5 Å². The van der Waals surface area contributed by atoms with Gasteiger partial charge in [-0.05, 0) is 26.7 Å². The summed E-state index contributed by atoms with van der Waals surface area (Å²) in [5.74, 6) is -0.790. The van der Waals surface area contributed by atoms with E-state index >= 15 is 0 Å². The van der Waals surface area contributed by atoms with Crippen LogP contribution in [0.25, 0.3) is 0 Å². The monoisotopic (exact) mass is 272 g/mol. The zero-order chi connectivity index (χ0) is 14.6. The number of carboxylic acid groups (broad SMARTS) is 1. The summed E-state index contributed by atoms with van der Waals surface area (Å²) in [7, 11) is 0. The van der Waals surface area contributed by atoms with Crippen molar-refractivity contribution < 1.29 is 19.8 Å². The zero-order valence-electron chi connectivity index (χ0n) is 11.8. The molecule has 1 aliphatic rings. The minimum absolute atomic E-state index is 0.114. The average Bonchev–Trinajstić information content (AvgIpc) is 2.85. The lowest BCUT2D eigenvalue weighted by atomic mass is 9.88. The van der Waals surface area contributed by atoms with Gasteiger partial charge in [-0.1, -0.05) is 6.92 Å². The number of aliphatic carboxylic acids is 1. The maximum absolute atomic E-state index is 11.9. The van der Waals surface area contributed by atoms with Gasteiger partial charge < -0.3 is 20.4 Å². The molecule has 0 aromatic carbocycles. The molecule has 0 saturated carbocycles. The van der Waals surface area contributed by atoms with Crippen LogP contribution in [0.3, 0.4) is 0 Å². The molecule has 1 aliphatic heterocycles. The van der Waals surface area contributed by atoms with E-state index in [2.05, 4.69) is 5.32 Å². The summed E-state index contributed by atoms with van der Waals surface area (Å²) in [6.07, 6.45) is 0.825. The summed E-state index contributed by atoms with van der Waals surface area (Å²) in [5.41, 5.74) is -0.931. The number of carbonyl (C=O) groups excluding carboxylic acids is 1. The van der Waals surface area contributed by atoms with Crippen LogP contribution in [0.5, 0.6) is 0 Å². The number of hydrogen-bond acceptors (Lipinski definition) is 3. The van der Waals surface area contributed by atoms with Gasteiger partial charge in [0.15, 0.2) is 0 Å². The van der Waals surface area contributed by atoms with Crippen molar-refractivity contribution >= 4 is 12.0 Å². The van der Waals surface area contributed by atoms with Crippen LogP contribution in [-0.4, -0.2) is 52.9 Å². The summed E-state index contributed by atoms with van der Waals surface area (Å²) in [5, 5.41) is 21.3. The molecule has 6 heteroatoms. The Morgan fingerprint density at radius 1 is 1.53 bits per heavy atom. The zero-order valence-corrected chi connectivity index (χ0v) is 11.8. The van der Waals surface area contributed by atoms with Gasteiger partial charge in [-0.15, -0.1) is 0 Å². The second-order valence-corrected chi connectivity index (χ2v) is 5.61. The standard InChI is InChI=1S/C13H24N2O4/c1-4-13(3,11(17)18)8-14-12(19)15-6-5-10(7-15)9(2)16/h9-10,16H,4-8H2,1-3H3,(H,14,19)(H,17,18). The molecule has 110 valence electrons. The SMILES string of the molecule is CCC(C)(CNC(=O)N1CCC(C(C)O)C1)C(=O)O. The fourth-order valence-corrected chi connectivity index (χ4v) is 2.10.